The van der Waals surface area contributed by atoms with Crippen molar-refractivity contribution in [2.45, 2.75) is 31.3 Å². The van der Waals surface area contributed by atoms with E-state index in [1.807, 2.05) is 0 Å². The number of rotatable bonds is 6. The van der Waals surface area contributed by atoms with Gasteiger partial charge in [0.2, 0.25) is 5.91 Å². The van der Waals surface area contributed by atoms with Gasteiger partial charge in [0.05, 0.1) is 24.9 Å². The number of carboxylic acids is 2. The second-order valence-electron chi connectivity index (χ2n) is 6.91. The molecule has 5 N–H and O–H groups in total. The van der Waals surface area contributed by atoms with E-state index in [-0.39, 0.29) is 42.9 Å². The van der Waals surface area contributed by atoms with E-state index in [1.54, 1.807) is 6.07 Å². The molecule has 28 heavy (non-hydrogen) atoms. The molecule has 0 unspecified atom stereocenters. The molecular formula is C16H19BN2O9-2. The lowest BCUT2D eigenvalue weighted by Crippen LogP contribution is -2.60. The monoisotopic (exact) mass is 394 g/mol. The molecule has 12 heteroatoms. The number of aromatic carboxylic acids is 1. The second-order valence-corrected chi connectivity index (χ2v) is 6.91. The smallest absolute Gasteiger partial charge is 0.430 e. The third-order valence-electron chi connectivity index (χ3n) is 4.67. The summed E-state index contributed by atoms with van der Waals surface area (Å²) in [5, 5.41) is 39.5. The highest BCUT2D eigenvalue weighted by Gasteiger charge is 2.37. The van der Waals surface area contributed by atoms with Crippen LogP contribution in [0, 0.1) is 0 Å². The summed E-state index contributed by atoms with van der Waals surface area (Å²) in [6.07, 6.45) is -0.932. The molecule has 11 nitrogen and oxygen atoms in total. The van der Waals surface area contributed by atoms with Crippen molar-refractivity contribution >= 4 is 24.6 Å². The summed E-state index contributed by atoms with van der Waals surface area (Å²) in [5.41, 5.74) is 5.69. The van der Waals surface area contributed by atoms with Crippen molar-refractivity contribution in [2.75, 3.05) is 13.1 Å². The molecule has 1 aromatic rings. The summed E-state index contributed by atoms with van der Waals surface area (Å²) in [7, 11) is 0. The quantitative estimate of drug-likeness (QED) is 0.370. The predicted molar refractivity (Wildman–Crippen MR) is 91.3 cm³/mol. The molecular weight excluding hydrogens is 375 g/mol. The van der Waals surface area contributed by atoms with Gasteiger partial charge in [0.25, 0.3) is 0 Å². The first kappa shape index (κ1) is 19.9. The normalized spacial score (nSPS) is 19.0. The molecule has 0 bridgehead atoms. The van der Waals surface area contributed by atoms with Gasteiger partial charge >= 0.3 is 12.7 Å². The van der Waals surface area contributed by atoms with Crippen LogP contribution in [-0.2, 0) is 16.0 Å². The number of nitrogens with zero attached hydrogens (tertiary/aromatic N) is 1. The zero-order valence-electron chi connectivity index (χ0n) is 14.7. The van der Waals surface area contributed by atoms with E-state index in [0.717, 1.165) is 0 Å². The molecule has 152 valence electrons. The van der Waals surface area contributed by atoms with Gasteiger partial charge in [-0.2, -0.15) is 0 Å². The summed E-state index contributed by atoms with van der Waals surface area (Å²) >= 11 is 0. The lowest BCUT2D eigenvalue weighted by molar-refractivity contribution is -0.306. The first-order chi connectivity index (χ1) is 13.1. The first-order valence-corrected chi connectivity index (χ1v) is 8.67. The molecule has 2 aliphatic rings. The number of likely N-dealkylation sites (tertiary alicyclic amines) is 1. The highest BCUT2D eigenvalue weighted by molar-refractivity contribution is 6.59. The van der Waals surface area contributed by atoms with Gasteiger partial charge in [-0.05, 0) is 18.1 Å². The number of nitrogens with two attached hydrogens (primary N) is 1. The van der Waals surface area contributed by atoms with Gasteiger partial charge in [0.1, 0.15) is 17.4 Å². The van der Waals surface area contributed by atoms with Crippen LogP contribution in [0.4, 0.5) is 0 Å². The number of carbonyl (C=O) groups is 3. The molecule has 0 spiro atoms. The Bertz CT molecular complexity index is 823. The molecule has 1 amide bonds. The Labute approximate surface area is 159 Å². The number of amides is 1. The molecule has 1 aromatic carbocycles. The van der Waals surface area contributed by atoms with E-state index < -0.39 is 43.2 Å². The van der Waals surface area contributed by atoms with Crippen molar-refractivity contribution in [1.29, 1.82) is 0 Å². The average molecular weight is 394 g/mol. The SMILES string of the molecule is N[C@@H](CC(=O)[O-])C(=O)N1CC(Oc2ccc3c(c2C(=O)O)O[B-](O)(O)CC3)C1. The predicted octanol–water partition coefficient (Wildman–Crippen LogP) is -2.70. The van der Waals surface area contributed by atoms with Crippen molar-refractivity contribution < 1.29 is 44.0 Å². The summed E-state index contributed by atoms with van der Waals surface area (Å²) in [5.74, 6) is -3.53. The first-order valence-electron chi connectivity index (χ1n) is 8.67. The number of carbonyl (C=O) groups excluding carboxylic acids is 2. The molecule has 1 fully saturated rings. The standard InChI is InChI=1S/C16H20BN2O9/c18-10(5-12(20)21)15(22)19-6-9(7-19)27-11-2-1-8-3-4-17(25,26)28-14(8)13(11)16(23)24/h1-2,9-10,25-26H,3-7,18H2,(H,20,21)(H,23,24)/q-1/p-1/t10-/m0/s1. The van der Waals surface area contributed by atoms with Crippen LogP contribution < -0.4 is 20.2 Å². The zero-order chi connectivity index (χ0) is 20.6. The van der Waals surface area contributed by atoms with Gasteiger partial charge < -0.3 is 45.1 Å². The van der Waals surface area contributed by atoms with Crippen LogP contribution in [0.3, 0.4) is 0 Å². The van der Waals surface area contributed by atoms with E-state index in [4.69, 9.17) is 15.1 Å². The third kappa shape index (κ3) is 4.03. The Morgan fingerprint density at radius 2 is 2.04 bits per heavy atom. The number of carboxylic acid groups (broad SMARTS) is 2. The van der Waals surface area contributed by atoms with Gasteiger partial charge in [0, 0.05) is 12.4 Å². The van der Waals surface area contributed by atoms with Crippen LogP contribution in [0.5, 0.6) is 11.5 Å². The number of hydrogen-bond donors (Lipinski definition) is 4. The molecule has 0 saturated carbocycles. The maximum Gasteiger partial charge on any atom is 0.430 e. The molecule has 0 aliphatic carbocycles. The Morgan fingerprint density at radius 3 is 2.64 bits per heavy atom. The van der Waals surface area contributed by atoms with E-state index in [2.05, 4.69) is 0 Å². The summed E-state index contributed by atoms with van der Waals surface area (Å²) in [6.45, 7) is -2.94. The van der Waals surface area contributed by atoms with Crippen LogP contribution in [0.25, 0.3) is 0 Å². The van der Waals surface area contributed by atoms with Gasteiger partial charge in [-0.1, -0.05) is 12.4 Å². The Kier molecular flexibility index (Phi) is 5.19. The lowest BCUT2D eigenvalue weighted by Gasteiger charge is -2.41. The fourth-order valence-corrected chi connectivity index (χ4v) is 3.20. The Balaban J connectivity index is 1.70. The fraction of sp³-hybridized carbons (Fsp3) is 0.438. The van der Waals surface area contributed by atoms with Crippen LogP contribution in [0.2, 0.25) is 6.32 Å². The number of aliphatic carboxylic acids is 1. The highest BCUT2D eigenvalue weighted by atomic mass is 16.6. The van der Waals surface area contributed by atoms with Gasteiger partial charge in [-0.3, -0.25) is 4.79 Å². The number of benzene rings is 1. The topological polar surface area (TPSA) is 183 Å². The van der Waals surface area contributed by atoms with Crippen molar-refractivity contribution in [2.24, 2.45) is 5.73 Å². The number of aryl methyl sites for hydroxylation is 1. The number of hydrogen-bond acceptors (Lipinski definition) is 9. The van der Waals surface area contributed by atoms with E-state index in [0.29, 0.717) is 5.56 Å². The summed E-state index contributed by atoms with van der Waals surface area (Å²) in [4.78, 5) is 35.5. The van der Waals surface area contributed by atoms with E-state index in [9.17, 15) is 34.6 Å². The van der Waals surface area contributed by atoms with E-state index >= 15 is 0 Å². The largest absolute Gasteiger partial charge is 0.669 e. The molecule has 3 rings (SSSR count). The van der Waals surface area contributed by atoms with Gasteiger partial charge in [-0.25, -0.2) is 4.79 Å². The zero-order valence-corrected chi connectivity index (χ0v) is 14.7. The fourth-order valence-electron chi connectivity index (χ4n) is 3.20. The Hall–Kier alpha value is -2.83. The van der Waals surface area contributed by atoms with Crippen LogP contribution >= 0.6 is 0 Å². The molecule has 1 atom stereocenters. The van der Waals surface area contributed by atoms with Crippen molar-refractivity contribution in [3.05, 3.63) is 23.3 Å². The third-order valence-corrected chi connectivity index (χ3v) is 4.67. The lowest BCUT2D eigenvalue weighted by atomic mass is 9.70. The van der Waals surface area contributed by atoms with Crippen molar-refractivity contribution in [1.82, 2.24) is 4.90 Å². The minimum absolute atomic E-state index is 0.0316. The summed E-state index contributed by atoms with van der Waals surface area (Å²) in [6, 6.07) is 1.81. The number of ether oxygens (including phenoxy) is 1. The maximum absolute atomic E-state index is 12.0. The molecule has 1 saturated heterocycles. The molecule has 2 aliphatic heterocycles. The Morgan fingerprint density at radius 1 is 1.36 bits per heavy atom. The minimum Gasteiger partial charge on any atom is -0.669 e. The van der Waals surface area contributed by atoms with Crippen molar-refractivity contribution in [3.63, 3.8) is 0 Å². The summed E-state index contributed by atoms with van der Waals surface area (Å²) < 4.78 is 10.7. The molecule has 2 heterocycles. The van der Waals surface area contributed by atoms with Crippen LogP contribution in [0.1, 0.15) is 22.3 Å². The van der Waals surface area contributed by atoms with Gasteiger partial charge in [0.15, 0.2) is 0 Å². The highest BCUT2D eigenvalue weighted by Crippen LogP contribution is 2.38. The minimum atomic E-state index is -3.14. The van der Waals surface area contributed by atoms with Crippen molar-refractivity contribution in [3.8, 4) is 11.5 Å². The molecule has 0 radical (unpaired) electrons. The van der Waals surface area contributed by atoms with E-state index in [1.165, 1.54) is 11.0 Å². The molecule has 0 aromatic heterocycles. The van der Waals surface area contributed by atoms with Crippen LogP contribution in [-0.4, -0.2) is 69.9 Å². The van der Waals surface area contributed by atoms with Gasteiger partial charge in [-0.15, -0.1) is 0 Å². The average Bonchev–Trinajstić information content (AvgIpc) is 2.54. The van der Waals surface area contributed by atoms with Crippen LogP contribution in [0.15, 0.2) is 12.1 Å². The number of fused-ring (bicyclic) bond motifs is 1. The second kappa shape index (κ2) is 7.30. The maximum atomic E-state index is 12.0.